The molecule has 0 unspecified atom stereocenters. The summed E-state index contributed by atoms with van der Waals surface area (Å²) in [6.07, 6.45) is -0.201. The van der Waals surface area contributed by atoms with Crippen LogP contribution >= 0.6 is 0 Å². The number of likely N-dealkylation sites (N-methyl/N-ethyl adjacent to an activating group) is 1. The lowest BCUT2D eigenvalue weighted by atomic mass is 9.90. The number of nitrogens with zero attached hydrogens (tertiary/aromatic N) is 1. The number of nitrogens with one attached hydrogen (secondary N) is 1. The minimum Gasteiger partial charge on any atom is -0.381 e. The molecule has 1 heterocycles. The van der Waals surface area contributed by atoms with Crippen molar-refractivity contribution >= 4 is 11.4 Å². The van der Waals surface area contributed by atoms with Crippen LogP contribution < -0.4 is 10.2 Å². The lowest BCUT2D eigenvalue weighted by molar-refractivity contribution is -0.137. The molecule has 0 amide bonds. The summed E-state index contributed by atoms with van der Waals surface area (Å²) in [7, 11) is 1.81. The summed E-state index contributed by atoms with van der Waals surface area (Å²) < 4.78 is 39.5. The van der Waals surface area contributed by atoms with Crippen molar-refractivity contribution in [3.05, 3.63) is 23.8 Å². The van der Waals surface area contributed by atoms with Gasteiger partial charge in [0.25, 0.3) is 0 Å². The zero-order chi connectivity index (χ0) is 13.7. The molecule has 0 bridgehead atoms. The molecule has 2 aliphatic rings. The highest BCUT2D eigenvalue weighted by molar-refractivity contribution is 5.77. The second-order valence-corrected chi connectivity index (χ2v) is 5.54. The van der Waals surface area contributed by atoms with Gasteiger partial charge >= 0.3 is 6.18 Å². The normalized spacial score (nSPS) is 21.4. The highest BCUT2D eigenvalue weighted by Crippen LogP contribution is 2.48. The van der Waals surface area contributed by atoms with E-state index in [0.717, 1.165) is 32.2 Å². The first-order chi connectivity index (χ1) is 8.94. The maximum absolute atomic E-state index is 13.2. The van der Waals surface area contributed by atoms with Crippen molar-refractivity contribution < 1.29 is 13.2 Å². The number of anilines is 2. The third-order valence-electron chi connectivity index (χ3n) is 4.53. The standard InChI is InChI=1S/C14H17F3N2/c1-19-12-10(14(15,16)17)5-4-6-11(12)18-9-13(19)7-2-3-8-13/h4-6,18H,2-3,7-9H2,1H3. The Morgan fingerprint density at radius 1 is 1.21 bits per heavy atom. The highest BCUT2D eigenvalue weighted by Gasteiger charge is 2.45. The minimum atomic E-state index is -4.31. The number of fused-ring (bicyclic) bond motifs is 1. The van der Waals surface area contributed by atoms with Gasteiger partial charge in [-0.05, 0) is 25.0 Å². The predicted molar refractivity (Wildman–Crippen MR) is 69.5 cm³/mol. The predicted octanol–water partition coefficient (Wildman–Crippen LogP) is 3.88. The van der Waals surface area contributed by atoms with E-state index in [1.54, 1.807) is 13.1 Å². The van der Waals surface area contributed by atoms with E-state index in [0.29, 0.717) is 11.4 Å². The third kappa shape index (κ3) is 1.86. The van der Waals surface area contributed by atoms with Gasteiger partial charge in [-0.15, -0.1) is 0 Å². The fourth-order valence-corrected chi connectivity index (χ4v) is 3.44. The van der Waals surface area contributed by atoms with E-state index >= 15 is 0 Å². The number of para-hydroxylation sites is 1. The average molecular weight is 270 g/mol. The SMILES string of the molecule is CN1c2c(cccc2C(F)(F)F)NCC12CCCC2. The van der Waals surface area contributed by atoms with Crippen molar-refractivity contribution in [1.82, 2.24) is 0 Å². The van der Waals surface area contributed by atoms with E-state index in [1.807, 2.05) is 4.90 Å². The fraction of sp³-hybridized carbons (Fsp3) is 0.571. The molecule has 5 heteroatoms. The van der Waals surface area contributed by atoms with Crippen LogP contribution in [0.3, 0.4) is 0 Å². The number of hydrogen-bond acceptors (Lipinski definition) is 2. The second kappa shape index (κ2) is 4.05. The lowest BCUT2D eigenvalue weighted by Crippen LogP contribution is -2.53. The van der Waals surface area contributed by atoms with Gasteiger partial charge in [0.2, 0.25) is 0 Å². The van der Waals surface area contributed by atoms with Gasteiger partial charge in [-0.2, -0.15) is 13.2 Å². The summed E-state index contributed by atoms with van der Waals surface area (Å²) in [5.74, 6) is 0. The smallest absolute Gasteiger partial charge is 0.381 e. The van der Waals surface area contributed by atoms with Crippen LogP contribution in [0.1, 0.15) is 31.2 Å². The molecule has 0 aromatic heterocycles. The Labute approximate surface area is 110 Å². The molecular formula is C14H17F3N2. The number of alkyl halides is 3. The molecule has 1 aromatic carbocycles. The Morgan fingerprint density at radius 3 is 2.53 bits per heavy atom. The average Bonchev–Trinajstić information content (AvgIpc) is 2.82. The molecular weight excluding hydrogens is 253 g/mol. The van der Waals surface area contributed by atoms with Gasteiger partial charge in [-0.25, -0.2) is 0 Å². The molecule has 1 saturated carbocycles. The van der Waals surface area contributed by atoms with Crippen molar-refractivity contribution in [2.75, 3.05) is 23.8 Å². The fourth-order valence-electron chi connectivity index (χ4n) is 3.44. The number of benzene rings is 1. The van der Waals surface area contributed by atoms with Crippen LogP contribution in [0.2, 0.25) is 0 Å². The quantitative estimate of drug-likeness (QED) is 0.769. The zero-order valence-corrected chi connectivity index (χ0v) is 10.8. The van der Waals surface area contributed by atoms with E-state index in [1.165, 1.54) is 12.1 Å². The van der Waals surface area contributed by atoms with Gasteiger partial charge in [0.1, 0.15) is 0 Å². The molecule has 0 radical (unpaired) electrons. The van der Waals surface area contributed by atoms with Crippen molar-refractivity contribution in [3.63, 3.8) is 0 Å². The molecule has 0 atom stereocenters. The maximum Gasteiger partial charge on any atom is 0.418 e. The van der Waals surface area contributed by atoms with Gasteiger partial charge in [0.05, 0.1) is 22.5 Å². The van der Waals surface area contributed by atoms with Gasteiger partial charge in [0.15, 0.2) is 0 Å². The van der Waals surface area contributed by atoms with E-state index in [2.05, 4.69) is 5.32 Å². The van der Waals surface area contributed by atoms with Crippen LogP contribution in [0.15, 0.2) is 18.2 Å². The van der Waals surface area contributed by atoms with Gasteiger partial charge < -0.3 is 10.2 Å². The lowest BCUT2D eigenvalue weighted by Gasteiger charge is -2.46. The molecule has 1 fully saturated rings. The third-order valence-corrected chi connectivity index (χ3v) is 4.53. The largest absolute Gasteiger partial charge is 0.418 e. The molecule has 1 spiro atoms. The number of halogens is 3. The summed E-state index contributed by atoms with van der Waals surface area (Å²) in [6.45, 7) is 0.734. The minimum absolute atomic E-state index is 0.144. The molecule has 2 nitrogen and oxygen atoms in total. The molecule has 104 valence electrons. The Hall–Kier alpha value is -1.39. The van der Waals surface area contributed by atoms with Crippen LogP contribution in [0.25, 0.3) is 0 Å². The van der Waals surface area contributed by atoms with Gasteiger partial charge in [0, 0.05) is 13.6 Å². The van der Waals surface area contributed by atoms with Crippen molar-refractivity contribution in [1.29, 1.82) is 0 Å². The van der Waals surface area contributed by atoms with E-state index in [4.69, 9.17) is 0 Å². The Bertz CT molecular complexity index is 490. The molecule has 3 rings (SSSR count). The Kier molecular flexibility index (Phi) is 2.69. The number of hydrogen-bond donors (Lipinski definition) is 1. The molecule has 0 saturated heterocycles. The summed E-state index contributed by atoms with van der Waals surface area (Å²) in [6, 6.07) is 4.36. The molecule has 1 N–H and O–H groups in total. The zero-order valence-electron chi connectivity index (χ0n) is 10.8. The molecule has 19 heavy (non-hydrogen) atoms. The summed E-state index contributed by atoms with van der Waals surface area (Å²) >= 11 is 0. The maximum atomic E-state index is 13.2. The Morgan fingerprint density at radius 2 is 1.89 bits per heavy atom. The van der Waals surface area contributed by atoms with Crippen LogP contribution in [0, 0.1) is 0 Å². The molecule has 1 aromatic rings. The van der Waals surface area contributed by atoms with E-state index in [9.17, 15) is 13.2 Å². The van der Waals surface area contributed by atoms with Crippen LogP contribution in [-0.4, -0.2) is 19.1 Å². The first-order valence-electron chi connectivity index (χ1n) is 6.62. The van der Waals surface area contributed by atoms with Crippen LogP contribution in [0.4, 0.5) is 24.5 Å². The van der Waals surface area contributed by atoms with Crippen LogP contribution in [-0.2, 0) is 6.18 Å². The first-order valence-corrected chi connectivity index (χ1v) is 6.62. The van der Waals surface area contributed by atoms with E-state index < -0.39 is 11.7 Å². The van der Waals surface area contributed by atoms with Gasteiger partial charge in [-0.1, -0.05) is 18.9 Å². The van der Waals surface area contributed by atoms with Crippen LogP contribution in [0.5, 0.6) is 0 Å². The highest BCUT2D eigenvalue weighted by atomic mass is 19.4. The molecule has 1 aliphatic heterocycles. The van der Waals surface area contributed by atoms with Crippen molar-refractivity contribution in [2.24, 2.45) is 0 Å². The monoisotopic (exact) mass is 270 g/mol. The Balaban J connectivity index is 2.11. The van der Waals surface area contributed by atoms with Gasteiger partial charge in [-0.3, -0.25) is 0 Å². The first kappa shape index (κ1) is 12.6. The van der Waals surface area contributed by atoms with E-state index in [-0.39, 0.29) is 5.54 Å². The topological polar surface area (TPSA) is 15.3 Å². The summed E-state index contributed by atoms with van der Waals surface area (Å²) in [4.78, 5) is 1.87. The van der Waals surface area contributed by atoms with Crippen molar-refractivity contribution in [3.8, 4) is 0 Å². The van der Waals surface area contributed by atoms with Crippen molar-refractivity contribution in [2.45, 2.75) is 37.4 Å². The number of rotatable bonds is 0. The summed E-state index contributed by atoms with van der Waals surface area (Å²) in [5.41, 5.74) is 0.220. The second-order valence-electron chi connectivity index (χ2n) is 5.54. The summed E-state index contributed by atoms with van der Waals surface area (Å²) in [5, 5.41) is 3.20. The molecule has 1 aliphatic carbocycles.